The van der Waals surface area contributed by atoms with E-state index in [1.54, 1.807) is 11.8 Å². The van der Waals surface area contributed by atoms with Gasteiger partial charge in [0.2, 0.25) is 5.91 Å². The molecule has 0 saturated heterocycles. The lowest BCUT2D eigenvalue weighted by molar-refractivity contribution is -0.124. The molecule has 4 rings (SSSR count). The number of rotatable bonds is 6. The van der Waals surface area contributed by atoms with E-state index in [-0.39, 0.29) is 5.91 Å². The van der Waals surface area contributed by atoms with Gasteiger partial charge >= 0.3 is 0 Å². The molecule has 0 bridgehead atoms. The van der Waals surface area contributed by atoms with Gasteiger partial charge < -0.3 is 10.1 Å². The molecule has 30 heavy (non-hydrogen) atoms. The molecule has 1 atom stereocenters. The van der Waals surface area contributed by atoms with Crippen LogP contribution in [0.3, 0.4) is 0 Å². The number of hydrogen-bond donors (Lipinski definition) is 1. The number of aromatic nitrogens is 2. The Hall–Kier alpha value is -3.31. The van der Waals surface area contributed by atoms with Crippen LogP contribution < -0.4 is 10.1 Å². The van der Waals surface area contributed by atoms with Crippen LogP contribution in [-0.2, 0) is 11.3 Å². The molecule has 0 aliphatic rings. The smallest absolute Gasteiger partial charge is 0.244 e. The Morgan fingerprint density at radius 1 is 1.10 bits per heavy atom. The second-order valence-electron chi connectivity index (χ2n) is 7.03. The fourth-order valence-corrected chi connectivity index (χ4v) is 3.68. The standard InChI is InChI=1S/C24H22ClN3O2/c1-16(24(29)26-15-18-10-6-7-11-22(18)30-2)28-21-13-12-19(25)14-20(21)23(27-28)17-8-4-3-5-9-17/h3-14,16H,15H2,1-2H3,(H,26,29). The number of benzene rings is 3. The highest BCUT2D eigenvalue weighted by Crippen LogP contribution is 2.31. The van der Waals surface area contributed by atoms with Gasteiger partial charge in [-0.25, -0.2) is 0 Å². The van der Waals surface area contributed by atoms with Gasteiger partial charge in [0.15, 0.2) is 0 Å². The van der Waals surface area contributed by atoms with Crippen LogP contribution in [0.5, 0.6) is 5.75 Å². The third-order valence-electron chi connectivity index (χ3n) is 5.11. The summed E-state index contributed by atoms with van der Waals surface area (Å²) in [6.07, 6.45) is 0. The largest absolute Gasteiger partial charge is 0.496 e. The number of carbonyl (C=O) groups is 1. The number of para-hydroxylation sites is 1. The highest BCUT2D eigenvalue weighted by Gasteiger charge is 2.21. The number of hydrogen-bond acceptors (Lipinski definition) is 3. The van der Waals surface area contributed by atoms with Crippen LogP contribution in [0.25, 0.3) is 22.2 Å². The Labute approximate surface area is 180 Å². The number of nitrogens with zero attached hydrogens (tertiary/aromatic N) is 2. The molecule has 0 spiro atoms. The average Bonchev–Trinajstić information content (AvgIpc) is 3.16. The van der Waals surface area contributed by atoms with Crippen molar-refractivity contribution in [3.8, 4) is 17.0 Å². The first kappa shape index (κ1) is 20.0. The van der Waals surface area contributed by atoms with Crippen LogP contribution in [0, 0.1) is 0 Å². The summed E-state index contributed by atoms with van der Waals surface area (Å²) in [4.78, 5) is 12.9. The Bertz CT molecular complexity index is 1190. The molecule has 4 aromatic rings. The van der Waals surface area contributed by atoms with Gasteiger partial charge in [0.1, 0.15) is 17.5 Å². The van der Waals surface area contributed by atoms with Crippen molar-refractivity contribution in [2.75, 3.05) is 7.11 Å². The second-order valence-corrected chi connectivity index (χ2v) is 7.46. The van der Waals surface area contributed by atoms with Crippen LogP contribution in [-0.4, -0.2) is 22.8 Å². The highest BCUT2D eigenvalue weighted by molar-refractivity contribution is 6.31. The Balaban J connectivity index is 1.64. The van der Waals surface area contributed by atoms with Gasteiger partial charge in [0.25, 0.3) is 0 Å². The number of halogens is 1. The lowest BCUT2D eigenvalue weighted by Gasteiger charge is -2.15. The molecule has 1 N–H and O–H groups in total. The normalized spacial score (nSPS) is 12.0. The number of ether oxygens (including phenoxy) is 1. The molecule has 1 amide bonds. The van der Waals surface area contributed by atoms with Crippen molar-refractivity contribution in [2.24, 2.45) is 0 Å². The summed E-state index contributed by atoms with van der Waals surface area (Å²) >= 11 is 6.25. The van der Waals surface area contributed by atoms with Gasteiger partial charge in [0.05, 0.1) is 12.6 Å². The summed E-state index contributed by atoms with van der Waals surface area (Å²) < 4.78 is 7.12. The van der Waals surface area contributed by atoms with Crippen molar-refractivity contribution in [1.82, 2.24) is 15.1 Å². The zero-order valence-electron chi connectivity index (χ0n) is 16.8. The SMILES string of the molecule is COc1ccccc1CNC(=O)C(C)n1nc(-c2ccccc2)c2cc(Cl)ccc21. The molecular formula is C24H22ClN3O2. The summed E-state index contributed by atoms with van der Waals surface area (Å²) in [7, 11) is 1.62. The molecule has 0 fully saturated rings. The molecule has 1 heterocycles. The first-order valence-electron chi connectivity index (χ1n) is 9.71. The Kier molecular flexibility index (Phi) is 5.72. The van der Waals surface area contributed by atoms with E-state index in [0.29, 0.717) is 11.6 Å². The van der Waals surface area contributed by atoms with Gasteiger partial charge in [-0.15, -0.1) is 0 Å². The molecular weight excluding hydrogens is 398 g/mol. The zero-order chi connectivity index (χ0) is 21.1. The summed E-state index contributed by atoms with van der Waals surface area (Å²) in [6.45, 7) is 2.22. The third-order valence-corrected chi connectivity index (χ3v) is 5.34. The molecule has 0 saturated carbocycles. The minimum Gasteiger partial charge on any atom is -0.496 e. The lowest BCUT2D eigenvalue weighted by Crippen LogP contribution is -2.31. The fourth-order valence-electron chi connectivity index (χ4n) is 3.51. The molecule has 3 aromatic carbocycles. The predicted octanol–water partition coefficient (Wildman–Crippen LogP) is 5.24. The van der Waals surface area contributed by atoms with E-state index in [1.165, 1.54) is 0 Å². The average molecular weight is 420 g/mol. The monoisotopic (exact) mass is 419 g/mol. The molecule has 0 aliphatic heterocycles. The quantitative estimate of drug-likeness (QED) is 0.464. The molecule has 0 aliphatic carbocycles. The Morgan fingerprint density at radius 3 is 2.60 bits per heavy atom. The number of nitrogens with one attached hydrogen (secondary N) is 1. The second kappa shape index (κ2) is 8.59. The lowest BCUT2D eigenvalue weighted by atomic mass is 10.1. The van der Waals surface area contributed by atoms with Gasteiger partial charge in [-0.2, -0.15) is 5.10 Å². The fraction of sp³-hybridized carbons (Fsp3) is 0.167. The third kappa shape index (κ3) is 3.89. The van der Waals surface area contributed by atoms with Crippen molar-refractivity contribution in [3.63, 3.8) is 0 Å². The van der Waals surface area contributed by atoms with Gasteiger partial charge in [-0.05, 0) is 31.2 Å². The number of methoxy groups -OCH3 is 1. The van der Waals surface area contributed by atoms with Crippen LogP contribution in [0.2, 0.25) is 5.02 Å². The maximum Gasteiger partial charge on any atom is 0.244 e. The van der Waals surface area contributed by atoms with Crippen LogP contribution in [0.4, 0.5) is 0 Å². The van der Waals surface area contributed by atoms with E-state index < -0.39 is 6.04 Å². The molecule has 6 heteroatoms. The van der Waals surface area contributed by atoms with Crippen molar-refractivity contribution in [2.45, 2.75) is 19.5 Å². The van der Waals surface area contributed by atoms with Crippen LogP contribution in [0.15, 0.2) is 72.8 Å². The zero-order valence-corrected chi connectivity index (χ0v) is 17.6. The summed E-state index contributed by atoms with van der Waals surface area (Å²) in [6, 6.07) is 22.6. The molecule has 152 valence electrons. The van der Waals surface area contributed by atoms with E-state index in [2.05, 4.69) is 5.32 Å². The van der Waals surface area contributed by atoms with E-state index in [9.17, 15) is 4.79 Å². The number of carbonyl (C=O) groups excluding carboxylic acids is 1. The molecule has 1 aromatic heterocycles. The van der Waals surface area contributed by atoms with Crippen molar-refractivity contribution >= 4 is 28.4 Å². The maximum atomic E-state index is 12.9. The van der Waals surface area contributed by atoms with Crippen LogP contribution >= 0.6 is 11.6 Å². The van der Waals surface area contributed by atoms with Gasteiger partial charge in [-0.3, -0.25) is 9.48 Å². The Morgan fingerprint density at radius 2 is 1.83 bits per heavy atom. The molecule has 5 nitrogen and oxygen atoms in total. The summed E-state index contributed by atoms with van der Waals surface area (Å²) in [5.74, 6) is 0.621. The molecule has 0 radical (unpaired) electrons. The first-order chi connectivity index (χ1) is 14.6. The topological polar surface area (TPSA) is 56.1 Å². The number of amides is 1. The number of fused-ring (bicyclic) bond motifs is 1. The predicted molar refractivity (Wildman–Crippen MR) is 120 cm³/mol. The van der Waals surface area contributed by atoms with Crippen LogP contribution in [0.1, 0.15) is 18.5 Å². The van der Waals surface area contributed by atoms with E-state index in [4.69, 9.17) is 21.4 Å². The van der Waals surface area contributed by atoms with E-state index >= 15 is 0 Å². The van der Waals surface area contributed by atoms with Gasteiger partial charge in [0, 0.05) is 28.1 Å². The maximum absolute atomic E-state index is 12.9. The molecule has 1 unspecified atom stereocenters. The van der Waals surface area contributed by atoms with Gasteiger partial charge in [-0.1, -0.05) is 60.1 Å². The minimum absolute atomic E-state index is 0.125. The minimum atomic E-state index is -0.499. The van der Waals surface area contributed by atoms with E-state index in [0.717, 1.165) is 33.5 Å². The van der Waals surface area contributed by atoms with Crippen molar-refractivity contribution in [1.29, 1.82) is 0 Å². The highest BCUT2D eigenvalue weighted by atomic mass is 35.5. The van der Waals surface area contributed by atoms with Crippen molar-refractivity contribution < 1.29 is 9.53 Å². The van der Waals surface area contributed by atoms with Crippen molar-refractivity contribution in [3.05, 3.63) is 83.4 Å². The first-order valence-corrected chi connectivity index (χ1v) is 10.1. The summed E-state index contributed by atoms with van der Waals surface area (Å²) in [5, 5.41) is 9.32. The summed E-state index contributed by atoms with van der Waals surface area (Å²) in [5.41, 5.74) is 3.56. The van der Waals surface area contributed by atoms with E-state index in [1.807, 2.05) is 79.7 Å².